The minimum atomic E-state index is -1.03. The van der Waals surface area contributed by atoms with Crippen LogP contribution in [0.5, 0.6) is 0 Å². The first-order chi connectivity index (χ1) is 17.0. The highest BCUT2D eigenvalue weighted by Crippen LogP contribution is 2.14. The third kappa shape index (κ3) is 24.7. The van der Waals surface area contributed by atoms with Gasteiger partial charge in [0.1, 0.15) is 24.9 Å². The molecule has 0 aromatic rings. The zero-order valence-corrected chi connectivity index (χ0v) is 22.2. The average Bonchev–Trinajstić information content (AvgIpc) is 2.87. The highest BCUT2D eigenvalue weighted by molar-refractivity contribution is 5.69. The second-order valence-corrected chi connectivity index (χ2v) is 9.55. The number of carbonyl (C=O) groups is 1. The lowest BCUT2D eigenvalue weighted by Crippen LogP contribution is -2.33. The normalized spacial score (nSPS) is 14.1. The third-order valence-electron chi connectivity index (χ3n) is 5.97. The van der Waals surface area contributed by atoms with Gasteiger partial charge in [0.05, 0.1) is 33.0 Å². The monoisotopic (exact) mass is 506 g/mol. The van der Waals surface area contributed by atoms with E-state index in [2.05, 4.69) is 6.92 Å². The summed E-state index contributed by atoms with van der Waals surface area (Å²) in [6.07, 6.45) is 16.8. The molecule has 0 amide bonds. The van der Waals surface area contributed by atoms with Crippen molar-refractivity contribution in [2.75, 3.05) is 39.6 Å². The van der Waals surface area contributed by atoms with Gasteiger partial charge < -0.3 is 34.6 Å². The Bertz CT molecular complexity index is 449. The van der Waals surface area contributed by atoms with Crippen molar-refractivity contribution >= 4 is 5.97 Å². The SMILES string of the molecule is CCCCCCCCCCCCCCCCCC(=O)OC[C@H](COC[C@@H](O)CO)OC[C@@H](O)CO. The van der Waals surface area contributed by atoms with Crippen LogP contribution in [-0.4, -0.2) is 84.3 Å². The molecule has 0 bridgehead atoms. The summed E-state index contributed by atoms with van der Waals surface area (Å²) in [5.74, 6) is -0.300. The molecule has 0 saturated carbocycles. The summed E-state index contributed by atoms with van der Waals surface area (Å²) in [5.41, 5.74) is 0. The van der Waals surface area contributed by atoms with Crippen LogP contribution >= 0.6 is 0 Å². The van der Waals surface area contributed by atoms with Crippen LogP contribution in [0.1, 0.15) is 110 Å². The molecule has 0 aromatic heterocycles. The van der Waals surface area contributed by atoms with Crippen LogP contribution in [0.25, 0.3) is 0 Å². The number of ether oxygens (including phenoxy) is 3. The Hall–Kier alpha value is -0.770. The molecule has 35 heavy (non-hydrogen) atoms. The maximum atomic E-state index is 12.0. The van der Waals surface area contributed by atoms with E-state index in [9.17, 15) is 15.0 Å². The summed E-state index contributed by atoms with van der Waals surface area (Å²) >= 11 is 0. The van der Waals surface area contributed by atoms with Crippen LogP contribution in [0.15, 0.2) is 0 Å². The van der Waals surface area contributed by atoms with E-state index in [0.717, 1.165) is 19.3 Å². The predicted molar refractivity (Wildman–Crippen MR) is 137 cm³/mol. The lowest BCUT2D eigenvalue weighted by atomic mass is 10.0. The Morgan fingerprint density at radius 1 is 0.629 bits per heavy atom. The first-order valence-electron chi connectivity index (χ1n) is 14.0. The van der Waals surface area contributed by atoms with Crippen LogP contribution in [0.4, 0.5) is 0 Å². The molecule has 0 aromatic carbocycles. The maximum absolute atomic E-state index is 12.0. The number of carbonyl (C=O) groups excluding carboxylic acids is 1. The van der Waals surface area contributed by atoms with Gasteiger partial charge in [0.15, 0.2) is 0 Å². The molecule has 3 atom stereocenters. The van der Waals surface area contributed by atoms with Crippen LogP contribution in [-0.2, 0) is 19.0 Å². The molecule has 0 saturated heterocycles. The second-order valence-electron chi connectivity index (χ2n) is 9.55. The molecule has 0 radical (unpaired) electrons. The fraction of sp³-hybridized carbons (Fsp3) is 0.963. The number of aliphatic hydroxyl groups excluding tert-OH is 4. The van der Waals surface area contributed by atoms with E-state index in [-0.39, 0.29) is 32.4 Å². The van der Waals surface area contributed by atoms with Gasteiger partial charge in [0, 0.05) is 6.42 Å². The van der Waals surface area contributed by atoms with E-state index in [1.807, 2.05) is 0 Å². The summed E-state index contributed by atoms with van der Waals surface area (Å²) in [6, 6.07) is 0. The van der Waals surface area contributed by atoms with E-state index in [4.69, 9.17) is 24.4 Å². The Morgan fingerprint density at radius 2 is 1.09 bits per heavy atom. The molecule has 0 spiro atoms. The van der Waals surface area contributed by atoms with Crippen molar-refractivity contribution in [1.29, 1.82) is 0 Å². The minimum absolute atomic E-state index is 0.0292. The number of unbranched alkanes of at least 4 members (excludes halogenated alkanes) is 14. The molecule has 0 heterocycles. The average molecular weight is 507 g/mol. The lowest BCUT2D eigenvalue weighted by Gasteiger charge is -2.20. The van der Waals surface area contributed by atoms with Crippen molar-refractivity contribution in [2.24, 2.45) is 0 Å². The van der Waals surface area contributed by atoms with E-state index in [0.29, 0.717) is 6.42 Å². The smallest absolute Gasteiger partial charge is 0.305 e. The number of hydrogen-bond donors (Lipinski definition) is 4. The van der Waals surface area contributed by atoms with Gasteiger partial charge in [-0.25, -0.2) is 0 Å². The first kappa shape index (κ1) is 34.2. The van der Waals surface area contributed by atoms with Crippen molar-refractivity contribution < 1.29 is 39.4 Å². The molecule has 8 heteroatoms. The highest BCUT2D eigenvalue weighted by atomic mass is 16.6. The Kier molecular flexibility index (Phi) is 25.7. The molecule has 0 rings (SSSR count). The van der Waals surface area contributed by atoms with Crippen molar-refractivity contribution in [3.8, 4) is 0 Å². The van der Waals surface area contributed by atoms with Gasteiger partial charge in [-0.3, -0.25) is 4.79 Å². The van der Waals surface area contributed by atoms with Crippen molar-refractivity contribution in [1.82, 2.24) is 0 Å². The molecule has 210 valence electrons. The standard InChI is InChI=1S/C27H54O8/c1-2-3-4-5-6-7-8-9-10-11-12-13-14-15-16-17-27(32)35-23-26(34-21-25(31)19-29)22-33-20-24(30)18-28/h24-26,28-31H,2-23H2,1H3/t24-,25-,26-/m0/s1. The zero-order chi connectivity index (χ0) is 26.0. The largest absolute Gasteiger partial charge is 0.463 e. The fourth-order valence-electron chi connectivity index (χ4n) is 3.73. The van der Waals surface area contributed by atoms with E-state index in [1.54, 1.807) is 0 Å². The molecule has 0 aliphatic heterocycles. The molecular formula is C27H54O8. The van der Waals surface area contributed by atoms with Gasteiger partial charge in [-0.2, -0.15) is 0 Å². The number of rotatable bonds is 27. The van der Waals surface area contributed by atoms with E-state index < -0.39 is 31.5 Å². The van der Waals surface area contributed by atoms with Gasteiger partial charge >= 0.3 is 5.97 Å². The first-order valence-corrected chi connectivity index (χ1v) is 14.0. The third-order valence-corrected chi connectivity index (χ3v) is 5.97. The predicted octanol–water partition coefficient (Wildman–Crippen LogP) is 3.90. The van der Waals surface area contributed by atoms with Crippen LogP contribution < -0.4 is 0 Å². The van der Waals surface area contributed by atoms with E-state index in [1.165, 1.54) is 77.0 Å². The van der Waals surface area contributed by atoms with Crippen LogP contribution in [0, 0.1) is 0 Å². The Morgan fingerprint density at radius 3 is 1.57 bits per heavy atom. The molecule has 8 nitrogen and oxygen atoms in total. The van der Waals surface area contributed by atoms with Crippen molar-refractivity contribution in [2.45, 2.75) is 128 Å². The Balaban J connectivity index is 3.70. The quantitative estimate of drug-likeness (QED) is 0.0976. The summed E-state index contributed by atoms with van der Waals surface area (Å²) in [5, 5.41) is 36.5. The van der Waals surface area contributed by atoms with Crippen molar-refractivity contribution in [3.05, 3.63) is 0 Å². The Labute approximate surface area is 213 Å². The maximum Gasteiger partial charge on any atom is 0.305 e. The molecule has 0 aliphatic carbocycles. The molecule has 0 unspecified atom stereocenters. The highest BCUT2D eigenvalue weighted by Gasteiger charge is 2.16. The summed E-state index contributed by atoms with van der Waals surface area (Å²) < 4.78 is 16.0. The van der Waals surface area contributed by atoms with Gasteiger partial charge in [-0.15, -0.1) is 0 Å². The van der Waals surface area contributed by atoms with E-state index >= 15 is 0 Å². The van der Waals surface area contributed by atoms with Crippen molar-refractivity contribution in [3.63, 3.8) is 0 Å². The fourth-order valence-corrected chi connectivity index (χ4v) is 3.73. The van der Waals surface area contributed by atoms with Gasteiger partial charge in [-0.05, 0) is 6.42 Å². The van der Waals surface area contributed by atoms with Crippen LogP contribution in [0.2, 0.25) is 0 Å². The zero-order valence-electron chi connectivity index (χ0n) is 22.2. The number of aliphatic hydroxyl groups is 4. The van der Waals surface area contributed by atoms with Crippen LogP contribution in [0.3, 0.4) is 0 Å². The van der Waals surface area contributed by atoms with Gasteiger partial charge in [0.2, 0.25) is 0 Å². The van der Waals surface area contributed by atoms with Gasteiger partial charge in [-0.1, -0.05) is 96.8 Å². The molecule has 0 aliphatic rings. The van der Waals surface area contributed by atoms with Gasteiger partial charge in [0.25, 0.3) is 0 Å². The minimum Gasteiger partial charge on any atom is -0.463 e. The summed E-state index contributed by atoms with van der Waals surface area (Å²) in [7, 11) is 0. The molecular weight excluding hydrogens is 452 g/mol. The summed E-state index contributed by atoms with van der Waals surface area (Å²) in [6.45, 7) is 1.20. The molecule has 0 fully saturated rings. The summed E-state index contributed by atoms with van der Waals surface area (Å²) in [4.78, 5) is 12.0. The number of hydrogen-bond acceptors (Lipinski definition) is 8. The number of esters is 1. The molecule has 4 N–H and O–H groups in total. The lowest BCUT2D eigenvalue weighted by molar-refractivity contribution is -0.152. The topological polar surface area (TPSA) is 126 Å². The second kappa shape index (κ2) is 26.3.